The summed E-state index contributed by atoms with van der Waals surface area (Å²) in [7, 11) is 0. The molecule has 4 heteroatoms. The molecular formula is C11H12ClIO2. The molecule has 0 aliphatic carbocycles. The van der Waals surface area contributed by atoms with Crippen LogP contribution in [0.3, 0.4) is 0 Å². The summed E-state index contributed by atoms with van der Waals surface area (Å²) in [5.41, 5.74) is 1.11. The second kappa shape index (κ2) is 5.48. The van der Waals surface area contributed by atoms with E-state index in [4.69, 9.17) is 21.1 Å². The Labute approximate surface area is 108 Å². The van der Waals surface area contributed by atoms with E-state index in [1.807, 2.05) is 24.3 Å². The van der Waals surface area contributed by atoms with Gasteiger partial charge >= 0.3 is 0 Å². The normalized spacial score (nSPS) is 25.7. The average molecular weight is 339 g/mol. The molecule has 15 heavy (non-hydrogen) atoms. The van der Waals surface area contributed by atoms with Crippen molar-refractivity contribution in [1.82, 2.24) is 0 Å². The van der Waals surface area contributed by atoms with Crippen LogP contribution in [0.15, 0.2) is 24.3 Å². The standard InChI is InChI=1S/C11H12ClIO2/c12-9-3-1-2-8(4-9)5-15-11-7-14-6-10(11)13/h1-4,10-11H,5-7H2. The smallest absolute Gasteiger partial charge is 0.0952 e. The van der Waals surface area contributed by atoms with Crippen molar-refractivity contribution in [3.8, 4) is 0 Å². The predicted octanol–water partition coefficient (Wildman–Crippen LogP) is 3.06. The van der Waals surface area contributed by atoms with Gasteiger partial charge in [0.05, 0.1) is 29.8 Å². The highest BCUT2D eigenvalue weighted by molar-refractivity contribution is 14.1. The number of benzene rings is 1. The topological polar surface area (TPSA) is 18.5 Å². The lowest BCUT2D eigenvalue weighted by Crippen LogP contribution is -2.21. The van der Waals surface area contributed by atoms with Crippen molar-refractivity contribution in [2.75, 3.05) is 13.2 Å². The highest BCUT2D eigenvalue weighted by Gasteiger charge is 2.26. The van der Waals surface area contributed by atoms with E-state index in [0.717, 1.165) is 17.2 Å². The van der Waals surface area contributed by atoms with E-state index in [2.05, 4.69) is 22.6 Å². The maximum absolute atomic E-state index is 5.89. The first-order valence-electron chi connectivity index (χ1n) is 4.83. The fraction of sp³-hybridized carbons (Fsp3) is 0.455. The van der Waals surface area contributed by atoms with E-state index in [9.17, 15) is 0 Å². The van der Waals surface area contributed by atoms with Crippen molar-refractivity contribution in [3.05, 3.63) is 34.9 Å². The maximum atomic E-state index is 5.89. The lowest BCUT2D eigenvalue weighted by atomic mass is 10.2. The van der Waals surface area contributed by atoms with Crippen LogP contribution in [0, 0.1) is 0 Å². The van der Waals surface area contributed by atoms with Crippen molar-refractivity contribution >= 4 is 34.2 Å². The van der Waals surface area contributed by atoms with Crippen LogP contribution in [-0.4, -0.2) is 23.2 Å². The first kappa shape index (κ1) is 11.6. The summed E-state index contributed by atoms with van der Waals surface area (Å²) in [6.07, 6.45) is 0.213. The molecule has 1 heterocycles. The van der Waals surface area contributed by atoms with Crippen LogP contribution >= 0.6 is 34.2 Å². The fourth-order valence-electron chi connectivity index (χ4n) is 1.49. The summed E-state index contributed by atoms with van der Waals surface area (Å²) in [6, 6.07) is 7.75. The monoisotopic (exact) mass is 338 g/mol. The number of alkyl halides is 1. The third-order valence-electron chi connectivity index (χ3n) is 2.32. The molecule has 0 saturated carbocycles. The van der Waals surface area contributed by atoms with Crippen molar-refractivity contribution < 1.29 is 9.47 Å². The molecule has 0 spiro atoms. The first-order chi connectivity index (χ1) is 7.25. The Balaban J connectivity index is 1.87. The van der Waals surface area contributed by atoms with Crippen molar-refractivity contribution in [2.24, 2.45) is 0 Å². The Hall–Kier alpha value is 0.160. The molecule has 2 atom stereocenters. The molecule has 1 fully saturated rings. The summed E-state index contributed by atoms with van der Waals surface area (Å²) in [6.45, 7) is 2.10. The quantitative estimate of drug-likeness (QED) is 0.623. The molecule has 0 bridgehead atoms. The van der Waals surface area contributed by atoms with Gasteiger partial charge in [0.2, 0.25) is 0 Å². The van der Waals surface area contributed by atoms with Gasteiger partial charge in [-0.05, 0) is 17.7 Å². The van der Waals surface area contributed by atoms with E-state index in [1.54, 1.807) is 0 Å². The number of hydrogen-bond acceptors (Lipinski definition) is 2. The minimum Gasteiger partial charge on any atom is -0.378 e. The Bertz CT molecular complexity index is 332. The van der Waals surface area contributed by atoms with Gasteiger partial charge in [-0.25, -0.2) is 0 Å². The Kier molecular flexibility index (Phi) is 4.25. The summed E-state index contributed by atoms with van der Waals surface area (Å²) in [5.74, 6) is 0. The zero-order valence-electron chi connectivity index (χ0n) is 8.16. The van der Waals surface area contributed by atoms with Crippen molar-refractivity contribution in [1.29, 1.82) is 0 Å². The van der Waals surface area contributed by atoms with Gasteiger partial charge in [-0.3, -0.25) is 0 Å². The number of hydrogen-bond donors (Lipinski definition) is 0. The Morgan fingerprint density at radius 2 is 2.33 bits per heavy atom. The molecule has 1 aliphatic rings. The predicted molar refractivity (Wildman–Crippen MR) is 68.7 cm³/mol. The molecule has 2 rings (SSSR count). The molecule has 82 valence electrons. The SMILES string of the molecule is Clc1cccc(COC2COCC2I)c1. The molecule has 0 aromatic heterocycles. The Morgan fingerprint density at radius 1 is 1.47 bits per heavy atom. The third-order valence-corrected chi connectivity index (χ3v) is 3.71. The van der Waals surface area contributed by atoms with Crippen molar-refractivity contribution in [2.45, 2.75) is 16.6 Å². The largest absolute Gasteiger partial charge is 0.378 e. The van der Waals surface area contributed by atoms with E-state index in [1.165, 1.54) is 0 Å². The molecule has 0 radical (unpaired) electrons. The number of rotatable bonds is 3. The van der Waals surface area contributed by atoms with Gasteiger partial charge < -0.3 is 9.47 Å². The fourth-order valence-corrected chi connectivity index (χ4v) is 2.37. The maximum Gasteiger partial charge on any atom is 0.0952 e. The first-order valence-corrected chi connectivity index (χ1v) is 6.46. The van der Waals surface area contributed by atoms with Gasteiger partial charge in [-0.2, -0.15) is 0 Å². The summed E-state index contributed by atoms with van der Waals surface area (Å²) in [4.78, 5) is 0. The van der Waals surface area contributed by atoms with Gasteiger partial charge in [-0.1, -0.05) is 46.3 Å². The number of ether oxygens (including phenoxy) is 2. The van der Waals surface area contributed by atoms with Crippen LogP contribution in [0.25, 0.3) is 0 Å². The van der Waals surface area contributed by atoms with Gasteiger partial charge in [0.15, 0.2) is 0 Å². The van der Waals surface area contributed by atoms with Crippen LogP contribution in [0.1, 0.15) is 5.56 Å². The van der Waals surface area contributed by atoms with Crippen LogP contribution in [0.5, 0.6) is 0 Å². The van der Waals surface area contributed by atoms with Gasteiger partial charge in [0.25, 0.3) is 0 Å². The molecule has 1 aliphatic heterocycles. The molecular weight excluding hydrogens is 326 g/mol. The van der Waals surface area contributed by atoms with Crippen LogP contribution in [0.2, 0.25) is 5.02 Å². The van der Waals surface area contributed by atoms with Crippen molar-refractivity contribution in [3.63, 3.8) is 0 Å². The minimum atomic E-state index is 0.213. The number of halogens is 2. The molecule has 2 unspecified atom stereocenters. The highest BCUT2D eigenvalue weighted by atomic mass is 127. The Morgan fingerprint density at radius 3 is 3.00 bits per heavy atom. The third kappa shape index (κ3) is 3.31. The van der Waals surface area contributed by atoms with E-state index >= 15 is 0 Å². The molecule has 1 aromatic rings. The zero-order chi connectivity index (χ0) is 10.7. The summed E-state index contributed by atoms with van der Waals surface area (Å²) < 4.78 is 11.5. The molecule has 1 aromatic carbocycles. The van der Waals surface area contributed by atoms with Crippen LogP contribution in [-0.2, 0) is 16.1 Å². The lowest BCUT2D eigenvalue weighted by molar-refractivity contribution is 0.0346. The van der Waals surface area contributed by atoms with Crippen LogP contribution < -0.4 is 0 Å². The van der Waals surface area contributed by atoms with Gasteiger partial charge in [0, 0.05) is 5.02 Å². The summed E-state index contributed by atoms with van der Waals surface area (Å²) in [5, 5.41) is 0.754. The second-order valence-corrected chi connectivity index (χ2v) is 5.57. The highest BCUT2D eigenvalue weighted by Crippen LogP contribution is 2.20. The zero-order valence-corrected chi connectivity index (χ0v) is 11.1. The average Bonchev–Trinajstić information content (AvgIpc) is 2.61. The second-order valence-electron chi connectivity index (χ2n) is 3.53. The summed E-state index contributed by atoms with van der Waals surface area (Å²) >= 11 is 8.25. The molecule has 2 nitrogen and oxygen atoms in total. The van der Waals surface area contributed by atoms with E-state index < -0.39 is 0 Å². The molecule has 1 saturated heterocycles. The van der Waals surface area contributed by atoms with E-state index in [-0.39, 0.29) is 6.10 Å². The lowest BCUT2D eigenvalue weighted by Gasteiger charge is -2.13. The minimum absolute atomic E-state index is 0.213. The molecule has 0 amide bonds. The van der Waals surface area contributed by atoms with Crippen LogP contribution in [0.4, 0.5) is 0 Å². The van der Waals surface area contributed by atoms with Gasteiger partial charge in [-0.15, -0.1) is 0 Å². The molecule has 0 N–H and O–H groups in total. The van der Waals surface area contributed by atoms with Gasteiger partial charge in [0.1, 0.15) is 0 Å². The van der Waals surface area contributed by atoms with E-state index in [0.29, 0.717) is 17.1 Å².